The largest absolute Gasteiger partial charge is 0.485 e. The van der Waals surface area contributed by atoms with Crippen molar-refractivity contribution in [2.24, 2.45) is 0 Å². The predicted octanol–water partition coefficient (Wildman–Crippen LogP) is 4.40. The summed E-state index contributed by atoms with van der Waals surface area (Å²) < 4.78 is 19.0. The predicted molar refractivity (Wildman–Crippen MR) is 80.9 cm³/mol. The Morgan fingerprint density at radius 3 is 2.81 bits per heavy atom. The van der Waals surface area contributed by atoms with Crippen molar-refractivity contribution in [3.8, 4) is 5.75 Å². The molecule has 3 aromatic rings. The topological polar surface area (TPSA) is 37.9 Å². The molecule has 4 heteroatoms. The van der Waals surface area contributed by atoms with E-state index in [1.165, 1.54) is 17.7 Å². The number of benzene rings is 2. The van der Waals surface area contributed by atoms with Gasteiger partial charge in [-0.05, 0) is 35.7 Å². The molecule has 0 spiro atoms. The Balaban J connectivity index is 1.80. The molecule has 0 fully saturated rings. The van der Waals surface area contributed by atoms with E-state index in [9.17, 15) is 4.39 Å². The molecule has 0 saturated heterocycles. The van der Waals surface area contributed by atoms with Gasteiger partial charge in [0.15, 0.2) is 0 Å². The maximum Gasteiger partial charge on any atom is 0.146 e. The zero-order valence-corrected chi connectivity index (χ0v) is 12.1. The molecule has 0 bridgehead atoms. The van der Waals surface area contributed by atoms with Crippen molar-refractivity contribution < 1.29 is 9.13 Å². The van der Waals surface area contributed by atoms with E-state index in [4.69, 9.17) is 4.74 Å². The fraction of sp³-hybridized carbons (Fsp3) is 0.235. The van der Waals surface area contributed by atoms with Gasteiger partial charge in [-0.2, -0.15) is 0 Å². The number of nitrogens with zero attached hydrogens (tertiary/aromatic N) is 1. The molecule has 0 aliphatic rings. The van der Waals surface area contributed by atoms with E-state index < -0.39 is 0 Å². The molecule has 3 nitrogen and oxygen atoms in total. The van der Waals surface area contributed by atoms with Crippen molar-refractivity contribution in [2.45, 2.75) is 26.4 Å². The minimum Gasteiger partial charge on any atom is -0.485 e. The second-order valence-electron chi connectivity index (χ2n) is 5.33. The summed E-state index contributed by atoms with van der Waals surface area (Å²) in [6.45, 7) is 4.60. The molecule has 0 amide bonds. The molecule has 0 radical (unpaired) electrons. The molecular weight excluding hydrogens is 267 g/mol. The standard InChI is InChI=1S/C17H17FN2O/c1-11(2)13-5-3-4-6-16(13)21-10-17-19-14-8-7-12(18)9-15(14)20-17/h3-9,11H,10H2,1-2H3,(H,19,20). The average Bonchev–Trinajstić information content (AvgIpc) is 2.87. The van der Waals surface area contributed by atoms with Crippen molar-refractivity contribution in [1.29, 1.82) is 0 Å². The van der Waals surface area contributed by atoms with Gasteiger partial charge >= 0.3 is 0 Å². The summed E-state index contributed by atoms with van der Waals surface area (Å²) >= 11 is 0. The van der Waals surface area contributed by atoms with Crippen LogP contribution in [0.2, 0.25) is 0 Å². The van der Waals surface area contributed by atoms with Crippen LogP contribution < -0.4 is 4.74 Å². The fourth-order valence-electron chi connectivity index (χ4n) is 2.34. The smallest absolute Gasteiger partial charge is 0.146 e. The molecule has 21 heavy (non-hydrogen) atoms. The lowest BCUT2D eigenvalue weighted by atomic mass is 10.0. The summed E-state index contributed by atoms with van der Waals surface area (Å²) in [5.41, 5.74) is 2.59. The van der Waals surface area contributed by atoms with Gasteiger partial charge in [0.2, 0.25) is 0 Å². The van der Waals surface area contributed by atoms with Crippen LogP contribution >= 0.6 is 0 Å². The monoisotopic (exact) mass is 284 g/mol. The number of para-hydroxylation sites is 1. The molecule has 0 saturated carbocycles. The Bertz CT molecular complexity index is 764. The number of aromatic nitrogens is 2. The van der Waals surface area contributed by atoms with Crippen molar-refractivity contribution in [3.05, 3.63) is 59.7 Å². The van der Waals surface area contributed by atoms with E-state index in [1.54, 1.807) is 6.07 Å². The summed E-state index contributed by atoms with van der Waals surface area (Å²) in [7, 11) is 0. The fourth-order valence-corrected chi connectivity index (χ4v) is 2.34. The number of rotatable bonds is 4. The lowest BCUT2D eigenvalue weighted by Crippen LogP contribution is -2.01. The van der Waals surface area contributed by atoms with E-state index >= 15 is 0 Å². The Kier molecular flexibility index (Phi) is 3.60. The zero-order valence-electron chi connectivity index (χ0n) is 12.1. The third kappa shape index (κ3) is 2.89. The average molecular weight is 284 g/mol. The third-order valence-corrected chi connectivity index (χ3v) is 3.40. The maximum absolute atomic E-state index is 13.2. The molecule has 3 rings (SSSR count). The highest BCUT2D eigenvalue weighted by molar-refractivity contribution is 5.74. The summed E-state index contributed by atoms with van der Waals surface area (Å²) in [5, 5.41) is 0. The Morgan fingerprint density at radius 1 is 1.19 bits per heavy atom. The molecule has 0 aliphatic heterocycles. The van der Waals surface area contributed by atoms with Crippen molar-refractivity contribution >= 4 is 11.0 Å². The lowest BCUT2D eigenvalue weighted by molar-refractivity contribution is 0.293. The van der Waals surface area contributed by atoms with Crippen molar-refractivity contribution in [2.75, 3.05) is 0 Å². The van der Waals surface area contributed by atoms with Crippen LogP contribution in [0.5, 0.6) is 5.75 Å². The van der Waals surface area contributed by atoms with Crippen LogP contribution in [0.25, 0.3) is 11.0 Å². The third-order valence-electron chi connectivity index (χ3n) is 3.40. The van der Waals surface area contributed by atoms with Crippen molar-refractivity contribution in [3.63, 3.8) is 0 Å². The molecule has 1 N–H and O–H groups in total. The van der Waals surface area contributed by atoms with Gasteiger partial charge < -0.3 is 9.72 Å². The summed E-state index contributed by atoms with van der Waals surface area (Å²) in [6, 6.07) is 12.5. The van der Waals surface area contributed by atoms with Gasteiger partial charge in [-0.1, -0.05) is 32.0 Å². The van der Waals surface area contributed by atoms with E-state index in [-0.39, 0.29) is 5.82 Å². The molecule has 108 valence electrons. The van der Waals surface area contributed by atoms with Gasteiger partial charge in [0.25, 0.3) is 0 Å². The maximum atomic E-state index is 13.2. The number of aromatic amines is 1. The van der Waals surface area contributed by atoms with Crippen LogP contribution in [0, 0.1) is 5.82 Å². The van der Waals surface area contributed by atoms with E-state index in [2.05, 4.69) is 29.9 Å². The number of hydrogen-bond acceptors (Lipinski definition) is 2. The van der Waals surface area contributed by atoms with Crippen LogP contribution in [0.15, 0.2) is 42.5 Å². The van der Waals surface area contributed by atoms with E-state index in [0.717, 1.165) is 11.3 Å². The second-order valence-corrected chi connectivity index (χ2v) is 5.33. The molecular formula is C17H17FN2O. The number of nitrogens with one attached hydrogen (secondary N) is 1. The molecule has 1 aromatic heterocycles. The van der Waals surface area contributed by atoms with Crippen molar-refractivity contribution in [1.82, 2.24) is 9.97 Å². The van der Waals surface area contributed by atoms with Gasteiger partial charge in [-0.3, -0.25) is 0 Å². The minimum atomic E-state index is -0.274. The highest BCUT2D eigenvalue weighted by atomic mass is 19.1. The first-order valence-corrected chi connectivity index (χ1v) is 6.99. The first kappa shape index (κ1) is 13.6. The second kappa shape index (κ2) is 5.56. The SMILES string of the molecule is CC(C)c1ccccc1OCc1nc2ccc(F)cc2[nH]1. The lowest BCUT2D eigenvalue weighted by Gasteiger charge is -2.12. The van der Waals surface area contributed by atoms with Gasteiger partial charge in [0, 0.05) is 0 Å². The number of halogens is 1. The zero-order chi connectivity index (χ0) is 14.8. The Labute approximate surface area is 122 Å². The molecule has 0 aliphatic carbocycles. The summed E-state index contributed by atoms with van der Waals surface area (Å²) in [6.07, 6.45) is 0. The van der Waals surface area contributed by atoms with Crippen LogP contribution in [-0.2, 0) is 6.61 Å². The van der Waals surface area contributed by atoms with E-state index in [1.807, 2.05) is 18.2 Å². The number of hydrogen-bond donors (Lipinski definition) is 1. The first-order valence-electron chi connectivity index (χ1n) is 6.99. The molecule has 2 aromatic carbocycles. The van der Waals surface area contributed by atoms with Gasteiger partial charge in [-0.15, -0.1) is 0 Å². The normalized spacial score (nSPS) is 11.2. The highest BCUT2D eigenvalue weighted by Gasteiger charge is 2.09. The van der Waals surface area contributed by atoms with Crippen LogP contribution in [0.1, 0.15) is 31.2 Å². The highest BCUT2D eigenvalue weighted by Crippen LogP contribution is 2.26. The van der Waals surface area contributed by atoms with Gasteiger partial charge in [0.05, 0.1) is 11.0 Å². The number of ether oxygens (including phenoxy) is 1. The molecule has 1 heterocycles. The Hall–Kier alpha value is -2.36. The number of fused-ring (bicyclic) bond motifs is 1. The Morgan fingerprint density at radius 2 is 2.00 bits per heavy atom. The minimum absolute atomic E-state index is 0.274. The first-order chi connectivity index (χ1) is 10.1. The molecule has 0 atom stereocenters. The summed E-state index contributed by atoms with van der Waals surface area (Å²) in [5.74, 6) is 1.67. The number of imidazole rings is 1. The van der Waals surface area contributed by atoms with E-state index in [0.29, 0.717) is 23.9 Å². The quantitative estimate of drug-likeness (QED) is 0.771. The van der Waals surface area contributed by atoms with Crippen LogP contribution in [0.3, 0.4) is 0 Å². The number of H-pyrrole nitrogens is 1. The van der Waals surface area contributed by atoms with Crippen LogP contribution in [-0.4, -0.2) is 9.97 Å². The summed E-state index contributed by atoms with van der Waals surface area (Å²) in [4.78, 5) is 7.48. The van der Waals surface area contributed by atoms with Gasteiger partial charge in [-0.25, -0.2) is 9.37 Å². The molecule has 0 unspecified atom stereocenters. The van der Waals surface area contributed by atoms with Crippen LogP contribution in [0.4, 0.5) is 4.39 Å². The van der Waals surface area contributed by atoms with Gasteiger partial charge in [0.1, 0.15) is 24.0 Å².